The number of hydrogen-bond donors (Lipinski definition) is 1. The number of nitrogens with zero attached hydrogens (tertiary/aromatic N) is 1. The lowest BCUT2D eigenvalue weighted by atomic mass is 9.84. The van der Waals surface area contributed by atoms with Crippen molar-refractivity contribution >= 4 is 33.4 Å². The fraction of sp³-hybridized carbons (Fsp3) is 0.286. The van der Waals surface area contributed by atoms with Gasteiger partial charge in [0.05, 0.1) is 13.2 Å². The van der Waals surface area contributed by atoms with Crippen LogP contribution in [-0.2, 0) is 4.74 Å². The Morgan fingerprint density at radius 3 is 2.72 bits per heavy atom. The number of thiophene rings is 1. The summed E-state index contributed by atoms with van der Waals surface area (Å²) >= 11 is 1.36. The minimum Gasteiger partial charge on any atom is -0.439 e. The van der Waals surface area contributed by atoms with Gasteiger partial charge < -0.3 is 19.8 Å². The zero-order valence-corrected chi connectivity index (χ0v) is 20.8. The Kier molecular flexibility index (Phi) is 6.89. The highest BCUT2D eigenvalue weighted by atomic mass is 32.1. The van der Waals surface area contributed by atoms with Crippen LogP contribution in [0, 0.1) is 5.82 Å². The van der Waals surface area contributed by atoms with Crippen LogP contribution in [0.5, 0.6) is 0 Å². The van der Waals surface area contributed by atoms with Crippen LogP contribution < -0.4 is 16.1 Å². The minimum absolute atomic E-state index is 0.0696. The van der Waals surface area contributed by atoms with Crippen LogP contribution >= 0.6 is 11.3 Å². The molecule has 8 heteroatoms. The van der Waals surface area contributed by atoms with Gasteiger partial charge in [-0.3, -0.25) is 9.59 Å². The summed E-state index contributed by atoms with van der Waals surface area (Å²) in [5.41, 5.74) is 9.67. The number of anilines is 1. The summed E-state index contributed by atoms with van der Waals surface area (Å²) in [6.07, 6.45) is 1.55. The second-order valence-electron chi connectivity index (χ2n) is 8.92. The average Bonchev–Trinajstić information content (AvgIpc) is 3.32. The highest BCUT2D eigenvalue weighted by Crippen LogP contribution is 2.38. The largest absolute Gasteiger partial charge is 0.439 e. The van der Waals surface area contributed by atoms with Gasteiger partial charge in [0.15, 0.2) is 11.5 Å². The molecule has 0 saturated carbocycles. The second-order valence-corrected chi connectivity index (χ2v) is 9.80. The van der Waals surface area contributed by atoms with E-state index in [2.05, 4.69) is 0 Å². The van der Waals surface area contributed by atoms with Gasteiger partial charge in [-0.15, -0.1) is 11.3 Å². The molecule has 4 aromatic rings. The summed E-state index contributed by atoms with van der Waals surface area (Å²) in [4.78, 5) is 27.0. The second kappa shape index (κ2) is 10.2. The number of fused-ring (bicyclic) bond motifs is 1. The highest BCUT2D eigenvalue weighted by molar-refractivity contribution is 7.17. The maximum Gasteiger partial charge on any atom is 0.249 e. The van der Waals surface area contributed by atoms with E-state index in [9.17, 15) is 14.0 Å². The molecular weight excluding hydrogens is 479 g/mol. The van der Waals surface area contributed by atoms with E-state index in [4.69, 9.17) is 14.9 Å². The van der Waals surface area contributed by atoms with Crippen molar-refractivity contribution in [1.82, 2.24) is 0 Å². The van der Waals surface area contributed by atoms with Crippen molar-refractivity contribution in [3.05, 3.63) is 86.6 Å². The molecule has 5 rings (SSSR count). The van der Waals surface area contributed by atoms with Crippen LogP contribution in [0.1, 0.15) is 47.2 Å². The van der Waals surface area contributed by atoms with Crippen molar-refractivity contribution in [2.24, 2.45) is 5.73 Å². The lowest BCUT2D eigenvalue weighted by Crippen LogP contribution is -2.36. The van der Waals surface area contributed by atoms with Crippen molar-refractivity contribution in [3.63, 3.8) is 0 Å². The summed E-state index contributed by atoms with van der Waals surface area (Å²) in [5, 5.41) is 1.93. The number of amides is 1. The molecule has 1 saturated heterocycles. The molecule has 2 aromatic heterocycles. The summed E-state index contributed by atoms with van der Waals surface area (Å²) in [7, 11) is 0. The van der Waals surface area contributed by atoms with E-state index in [1.54, 1.807) is 6.07 Å². The molecule has 1 aliphatic rings. The van der Waals surface area contributed by atoms with E-state index >= 15 is 0 Å². The number of hydrogen-bond acceptors (Lipinski definition) is 6. The van der Waals surface area contributed by atoms with Gasteiger partial charge >= 0.3 is 0 Å². The first-order chi connectivity index (χ1) is 17.5. The van der Waals surface area contributed by atoms with Crippen molar-refractivity contribution in [2.45, 2.75) is 25.7 Å². The van der Waals surface area contributed by atoms with Gasteiger partial charge in [-0.1, -0.05) is 37.6 Å². The summed E-state index contributed by atoms with van der Waals surface area (Å²) in [5.74, 6) is -0.660. The number of rotatable bonds is 7. The number of benzene rings is 2. The predicted molar refractivity (Wildman–Crippen MR) is 140 cm³/mol. The van der Waals surface area contributed by atoms with E-state index in [0.29, 0.717) is 60.0 Å². The minimum atomic E-state index is -0.580. The SMILES string of the molecule is CCCC(c1cccc(-c2csc3c(=O)cc(N4CCOCC4)oc23)c1)c1cc(F)ccc1C(N)=O. The van der Waals surface area contributed by atoms with Crippen LogP contribution in [0.15, 0.2) is 63.1 Å². The fourth-order valence-electron chi connectivity index (χ4n) is 4.83. The molecule has 6 nitrogen and oxygen atoms in total. The molecule has 3 heterocycles. The number of ether oxygens (including phenoxy) is 1. The van der Waals surface area contributed by atoms with Crippen molar-refractivity contribution in [3.8, 4) is 11.1 Å². The fourth-order valence-corrected chi connectivity index (χ4v) is 5.74. The molecule has 0 radical (unpaired) electrons. The monoisotopic (exact) mass is 506 g/mol. The molecule has 186 valence electrons. The van der Waals surface area contributed by atoms with Crippen LogP contribution in [0.4, 0.5) is 10.3 Å². The Labute approximate surface area is 212 Å². The smallest absolute Gasteiger partial charge is 0.249 e. The molecule has 1 atom stereocenters. The highest BCUT2D eigenvalue weighted by Gasteiger charge is 2.22. The molecular formula is C28H27FN2O4S. The Morgan fingerprint density at radius 2 is 1.97 bits per heavy atom. The van der Waals surface area contributed by atoms with Crippen molar-refractivity contribution in [2.75, 3.05) is 31.2 Å². The van der Waals surface area contributed by atoms with Gasteiger partial charge in [0.1, 0.15) is 10.5 Å². The quantitative estimate of drug-likeness (QED) is 0.356. The first kappa shape index (κ1) is 24.2. The number of carbonyl (C=O) groups excluding carboxylic acids is 1. The first-order valence-corrected chi connectivity index (χ1v) is 12.9. The first-order valence-electron chi connectivity index (χ1n) is 12.0. The topological polar surface area (TPSA) is 85.8 Å². The standard InChI is InChI=1S/C28H27FN2O4S/c1-2-4-20(22-14-19(29)7-8-21(22)28(30)33)17-5-3-6-18(13-17)23-16-36-27-24(32)15-25(35-26(23)27)31-9-11-34-12-10-31/h3,5-8,13-16,20H,2,4,9-12H2,1H3,(H2,30,33). The average molecular weight is 507 g/mol. The maximum atomic E-state index is 14.2. The van der Waals surface area contributed by atoms with Gasteiger partial charge in [-0.05, 0) is 41.3 Å². The lowest BCUT2D eigenvalue weighted by Gasteiger charge is -2.27. The van der Waals surface area contributed by atoms with E-state index in [1.807, 2.05) is 41.5 Å². The van der Waals surface area contributed by atoms with Crippen LogP contribution in [-0.4, -0.2) is 32.2 Å². The van der Waals surface area contributed by atoms with E-state index in [0.717, 1.165) is 23.1 Å². The lowest BCUT2D eigenvalue weighted by molar-refractivity contribution is 0.0999. The van der Waals surface area contributed by atoms with Gasteiger partial charge in [-0.25, -0.2) is 4.39 Å². The summed E-state index contributed by atoms with van der Waals surface area (Å²) in [6.45, 7) is 4.56. The number of carbonyl (C=O) groups is 1. The van der Waals surface area contributed by atoms with Gasteiger partial charge in [0, 0.05) is 41.6 Å². The third kappa shape index (κ3) is 4.66. The molecule has 0 bridgehead atoms. The zero-order valence-electron chi connectivity index (χ0n) is 20.0. The third-order valence-corrected chi connectivity index (χ3v) is 7.56. The molecule has 1 unspecified atom stereocenters. The molecule has 2 aromatic carbocycles. The van der Waals surface area contributed by atoms with Crippen molar-refractivity contribution < 1.29 is 18.3 Å². The maximum absolute atomic E-state index is 14.2. The molecule has 1 fully saturated rings. The summed E-state index contributed by atoms with van der Waals surface area (Å²) in [6, 6.07) is 13.6. The zero-order chi connectivity index (χ0) is 25.2. The van der Waals surface area contributed by atoms with Gasteiger partial charge in [0.2, 0.25) is 11.3 Å². The predicted octanol–water partition coefficient (Wildman–Crippen LogP) is 5.53. The van der Waals surface area contributed by atoms with Crippen LogP contribution in [0.2, 0.25) is 0 Å². The Morgan fingerprint density at radius 1 is 1.17 bits per heavy atom. The van der Waals surface area contributed by atoms with Crippen LogP contribution in [0.25, 0.3) is 21.4 Å². The van der Waals surface area contributed by atoms with E-state index in [-0.39, 0.29) is 11.3 Å². The van der Waals surface area contributed by atoms with E-state index < -0.39 is 11.7 Å². The molecule has 1 aliphatic heterocycles. The molecule has 0 spiro atoms. The van der Waals surface area contributed by atoms with Gasteiger partial charge in [-0.2, -0.15) is 0 Å². The Hall–Kier alpha value is -3.49. The Balaban J connectivity index is 1.60. The number of morpholine rings is 1. The Bertz CT molecular complexity index is 1470. The summed E-state index contributed by atoms with van der Waals surface area (Å²) < 4.78 is 26.5. The van der Waals surface area contributed by atoms with E-state index in [1.165, 1.54) is 29.5 Å². The molecule has 0 aliphatic carbocycles. The van der Waals surface area contributed by atoms with Crippen LogP contribution in [0.3, 0.4) is 0 Å². The number of nitrogens with two attached hydrogens (primary N) is 1. The van der Waals surface area contributed by atoms with Crippen molar-refractivity contribution in [1.29, 1.82) is 0 Å². The molecule has 1 amide bonds. The normalized spacial score (nSPS) is 14.8. The third-order valence-electron chi connectivity index (χ3n) is 6.59. The molecule has 36 heavy (non-hydrogen) atoms. The molecule has 2 N–H and O–H groups in total. The number of halogens is 1. The van der Waals surface area contributed by atoms with Gasteiger partial charge in [0.25, 0.3) is 0 Å². The number of primary amides is 1.